The predicted octanol–water partition coefficient (Wildman–Crippen LogP) is 20.0. The molecule has 0 spiro atoms. The summed E-state index contributed by atoms with van der Waals surface area (Å²) in [6, 6.07) is -0.807. The molecule has 0 aromatic carbocycles. The molecule has 1 aliphatic rings. The molecule has 11 heteroatoms. The lowest BCUT2D eigenvalue weighted by Gasteiger charge is -2.40. The number of ether oxygens (including phenoxy) is 3. The Balaban J connectivity index is 1.87. The predicted molar refractivity (Wildman–Crippen MR) is 366 cm³/mol. The zero-order valence-electron chi connectivity index (χ0n) is 57.3. The average Bonchev–Trinajstić information content (AvgIpc) is 3.72. The van der Waals surface area contributed by atoms with Crippen LogP contribution in [0.4, 0.5) is 0 Å². The fourth-order valence-electron chi connectivity index (χ4n) is 12.3. The highest BCUT2D eigenvalue weighted by molar-refractivity contribution is 5.76. The number of nitrogens with one attached hydrogen (secondary N) is 1. The topological polar surface area (TPSA) is 175 Å². The van der Waals surface area contributed by atoms with Crippen molar-refractivity contribution < 1.29 is 49.3 Å². The molecule has 6 N–H and O–H groups in total. The molecule has 0 radical (unpaired) electrons. The van der Waals surface area contributed by atoms with Gasteiger partial charge in [0.05, 0.1) is 32.0 Å². The van der Waals surface area contributed by atoms with Gasteiger partial charge in [-0.1, -0.05) is 340 Å². The molecular weight excluding hydrogens is 1090 g/mol. The van der Waals surface area contributed by atoms with E-state index in [-0.39, 0.29) is 18.5 Å². The molecule has 0 bridgehead atoms. The van der Waals surface area contributed by atoms with Crippen molar-refractivity contribution in [2.45, 2.75) is 429 Å². The minimum absolute atomic E-state index is 0.0153. The van der Waals surface area contributed by atoms with Crippen molar-refractivity contribution in [2.75, 3.05) is 19.8 Å². The summed E-state index contributed by atoms with van der Waals surface area (Å²) in [6.07, 6.45) is 73.6. The summed E-state index contributed by atoms with van der Waals surface area (Å²) >= 11 is 0. The summed E-state index contributed by atoms with van der Waals surface area (Å²) in [5.74, 6) is -0.165. The summed E-state index contributed by atoms with van der Waals surface area (Å²) in [7, 11) is 0. The van der Waals surface area contributed by atoms with E-state index in [1.165, 1.54) is 308 Å². The van der Waals surface area contributed by atoms with Crippen LogP contribution in [0.15, 0.2) is 24.3 Å². The zero-order valence-corrected chi connectivity index (χ0v) is 57.3. The van der Waals surface area contributed by atoms with Gasteiger partial charge in [0.25, 0.3) is 0 Å². The summed E-state index contributed by atoms with van der Waals surface area (Å²) in [4.78, 5) is 25.2. The molecule has 0 aromatic rings. The second kappa shape index (κ2) is 65.6. The van der Waals surface area contributed by atoms with Crippen LogP contribution in [-0.2, 0) is 23.8 Å². The van der Waals surface area contributed by atoms with Gasteiger partial charge in [-0.05, 0) is 57.8 Å². The highest BCUT2D eigenvalue weighted by Crippen LogP contribution is 2.24. The Morgan fingerprint density at radius 2 is 0.736 bits per heavy atom. The largest absolute Gasteiger partial charge is 0.466 e. The molecule has 1 fully saturated rings. The number of carbonyl (C=O) groups excluding carboxylic acids is 2. The molecule has 1 aliphatic heterocycles. The van der Waals surface area contributed by atoms with Crippen LogP contribution in [0, 0.1) is 0 Å². The van der Waals surface area contributed by atoms with E-state index < -0.39 is 49.5 Å². The second-order valence-electron chi connectivity index (χ2n) is 26.7. The Morgan fingerprint density at radius 3 is 1.10 bits per heavy atom. The fraction of sp³-hybridized carbons (Fsp3) is 0.921. The Morgan fingerprint density at radius 1 is 0.414 bits per heavy atom. The number of hydrogen-bond acceptors (Lipinski definition) is 10. The van der Waals surface area contributed by atoms with Gasteiger partial charge in [-0.25, -0.2) is 0 Å². The highest BCUT2D eigenvalue weighted by atomic mass is 16.7. The van der Waals surface area contributed by atoms with Gasteiger partial charge in [0.15, 0.2) is 6.29 Å². The van der Waals surface area contributed by atoms with Gasteiger partial charge in [0.2, 0.25) is 5.91 Å². The minimum Gasteiger partial charge on any atom is -0.466 e. The number of aliphatic hydroxyl groups excluding tert-OH is 5. The molecule has 0 aliphatic carbocycles. The monoisotopic (exact) mass is 1230 g/mol. The first-order valence-electron chi connectivity index (χ1n) is 38.1. The van der Waals surface area contributed by atoms with E-state index in [0.717, 1.165) is 51.4 Å². The van der Waals surface area contributed by atoms with Crippen LogP contribution in [0.1, 0.15) is 386 Å². The van der Waals surface area contributed by atoms with Crippen molar-refractivity contribution in [3.8, 4) is 0 Å². The first-order valence-corrected chi connectivity index (χ1v) is 38.1. The van der Waals surface area contributed by atoms with Gasteiger partial charge in [-0.2, -0.15) is 0 Å². The quantitative estimate of drug-likeness (QED) is 0.0195. The Labute approximate surface area is 537 Å². The zero-order chi connectivity index (χ0) is 63.0. The molecule has 1 heterocycles. The fourth-order valence-corrected chi connectivity index (χ4v) is 12.3. The number of amides is 1. The summed E-state index contributed by atoms with van der Waals surface area (Å²) in [5, 5.41) is 54.3. The van der Waals surface area contributed by atoms with E-state index in [0.29, 0.717) is 19.4 Å². The lowest BCUT2D eigenvalue weighted by molar-refractivity contribution is -0.302. The van der Waals surface area contributed by atoms with Crippen molar-refractivity contribution in [3.05, 3.63) is 24.3 Å². The third kappa shape index (κ3) is 54.4. The second-order valence-corrected chi connectivity index (χ2v) is 26.7. The number of aliphatic hydroxyl groups is 5. The number of unbranched alkanes of at least 4 members (excludes halogenated alkanes) is 52. The first-order chi connectivity index (χ1) is 42.7. The molecule has 0 aromatic heterocycles. The Hall–Kier alpha value is -1.86. The first kappa shape index (κ1) is 83.2. The standard InChI is InChI=1S/C76H145NO10/c1-3-5-7-9-11-13-14-15-16-17-31-35-38-41-44-48-52-56-60-64-72(81)85-65-61-57-53-49-45-42-39-36-33-30-28-26-24-22-20-18-19-21-23-25-27-29-32-34-37-40-43-47-51-55-59-63-71(80)77-68(69(79)62-58-54-50-46-12-10-8-6-4-2)67-86-76-75(84)74(83)73(82)70(66-78)87-76/h20,22,58,62,68-70,73-76,78-79,82-84H,3-19,21,23-57,59-61,63-67H2,1-2H3,(H,77,80)/b22-20-,62-58+. The van der Waals surface area contributed by atoms with Gasteiger partial charge < -0.3 is 45.1 Å². The van der Waals surface area contributed by atoms with Gasteiger partial charge >= 0.3 is 5.97 Å². The van der Waals surface area contributed by atoms with E-state index in [2.05, 4.69) is 31.3 Å². The molecule has 87 heavy (non-hydrogen) atoms. The van der Waals surface area contributed by atoms with Gasteiger partial charge in [-0.15, -0.1) is 0 Å². The molecule has 1 saturated heterocycles. The Kier molecular flexibility index (Phi) is 62.7. The van der Waals surface area contributed by atoms with Crippen LogP contribution in [0.2, 0.25) is 0 Å². The average molecular weight is 1230 g/mol. The maximum atomic E-state index is 13.0. The van der Waals surface area contributed by atoms with Crippen molar-refractivity contribution in [1.82, 2.24) is 5.32 Å². The number of carbonyl (C=O) groups is 2. The van der Waals surface area contributed by atoms with Gasteiger partial charge in [0.1, 0.15) is 24.4 Å². The summed E-state index contributed by atoms with van der Waals surface area (Å²) in [6.45, 7) is 4.36. The van der Waals surface area contributed by atoms with Crippen molar-refractivity contribution >= 4 is 11.9 Å². The molecule has 11 nitrogen and oxygen atoms in total. The van der Waals surface area contributed by atoms with Crippen molar-refractivity contribution in [1.29, 1.82) is 0 Å². The van der Waals surface area contributed by atoms with Crippen LogP contribution in [-0.4, -0.2) is 100 Å². The van der Waals surface area contributed by atoms with E-state index >= 15 is 0 Å². The molecule has 7 unspecified atom stereocenters. The van der Waals surface area contributed by atoms with Crippen LogP contribution in [0.25, 0.3) is 0 Å². The highest BCUT2D eigenvalue weighted by Gasteiger charge is 2.44. The summed E-state index contributed by atoms with van der Waals surface area (Å²) < 4.78 is 16.7. The normalized spacial score (nSPS) is 17.9. The van der Waals surface area contributed by atoms with Crippen LogP contribution < -0.4 is 5.32 Å². The summed E-state index contributed by atoms with van der Waals surface area (Å²) in [5.41, 5.74) is 0. The molecule has 7 atom stereocenters. The third-order valence-corrected chi connectivity index (χ3v) is 18.3. The maximum Gasteiger partial charge on any atom is 0.305 e. The molecule has 1 amide bonds. The van der Waals surface area contributed by atoms with Crippen molar-refractivity contribution in [3.63, 3.8) is 0 Å². The van der Waals surface area contributed by atoms with E-state index in [9.17, 15) is 35.1 Å². The van der Waals surface area contributed by atoms with Gasteiger partial charge in [-0.3, -0.25) is 9.59 Å². The lowest BCUT2D eigenvalue weighted by atomic mass is 9.99. The number of rotatable bonds is 68. The lowest BCUT2D eigenvalue weighted by Crippen LogP contribution is -2.60. The van der Waals surface area contributed by atoms with Crippen LogP contribution >= 0.6 is 0 Å². The number of hydrogen-bond donors (Lipinski definition) is 6. The molecular formula is C76H145NO10. The molecule has 0 saturated carbocycles. The smallest absolute Gasteiger partial charge is 0.305 e. The van der Waals surface area contributed by atoms with Crippen LogP contribution in [0.3, 0.4) is 0 Å². The number of allylic oxidation sites excluding steroid dienone is 3. The van der Waals surface area contributed by atoms with E-state index in [4.69, 9.17) is 14.2 Å². The third-order valence-electron chi connectivity index (χ3n) is 18.3. The maximum absolute atomic E-state index is 13.0. The van der Waals surface area contributed by atoms with Crippen LogP contribution in [0.5, 0.6) is 0 Å². The van der Waals surface area contributed by atoms with E-state index in [1.54, 1.807) is 6.08 Å². The number of esters is 1. The van der Waals surface area contributed by atoms with Gasteiger partial charge in [0, 0.05) is 12.8 Å². The minimum atomic E-state index is -1.57. The molecule has 1 rings (SSSR count). The SMILES string of the molecule is CCCCCCCCC/C=C/C(O)C(COC1OC(CO)C(O)C(O)C1O)NC(=O)CCCCCCCCCCCCCCCCC/C=C\CCCCCCCCCCCCCCOC(=O)CCCCCCCCCCCCCCCCCCCCC. The molecule has 514 valence electrons. The Bertz CT molecular complexity index is 1490. The van der Waals surface area contributed by atoms with Crippen molar-refractivity contribution in [2.24, 2.45) is 0 Å². The van der Waals surface area contributed by atoms with E-state index in [1.807, 2.05) is 6.08 Å².